The molecule has 2 aliphatic rings. The maximum atomic E-state index is 13.6. The third kappa shape index (κ3) is 4.06. The van der Waals surface area contributed by atoms with Crippen molar-refractivity contribution < 1.29 is 13.2 Å². The predicted octanol–water partition coefficient (Wildman–Crippen LogP) is 3.49. The maximum absolute atomic E-state index is 13.6. The molecule has 0 heterocycles. The van der Waals surface area contributed by atoms with Gasteiger partial charge in [0.1, 0.15) is 5.82 Å². The third-order valence-electron chi connectivity index (χ3n) is 6.41. The van der Waals surface area contributed by atoms with Crippen LogP contribution in [0.4, 0.5) is 4.39 Å². The van der Waals surface area contributed by atoms with E-state index >= 15 is 0 Å². The summed E-state index contributed by atoms with van der Waals surface area (Å²) in [7, 11) is 1.99. The van der Waals surface area contributed by atoms with E-state index in [0.717, 1.165) is 44.1 Å². The topological polar surface area (TPSA) is 61.4 Å². The van der Waals surface area contributed by atoms with Gasteiger partial charge in [-0.1, -0.05) is 30.3 Å². The Morgan fingerprint density at radius 2 is 2.04 bits per heavy atom. The van der Waals surface area contributed by atoms with Crippen molar-refractivity contribution in [2.75, 3.05) is 7.05 Å². The molecule has 4 rings (SSSR count). The van der Waals surface area contributed by atoms with Crippen molar-refractivity contribution in [2.24, 2.45) is 0 Å². The van der Waals surface area contributed by atoms with E-state index < -0.39 is 11.3 Å². The SMILES string of the molecule is CNC1Cc2ccc(CC3(NS(=O)O)CCC3)cc2C1Cc1cccc(F)c1. The second kappa shape index (κ2) is 8.03. The minimum absolute atomic E-state index is 0.194. The van der Waals surface area contributed by atoms with Gasteiger partial charge in [0.25, 0.3) is 0 Å². The van der Waals surface area contributed by atoms with Crippen LogP contribution in [0.1, 0.15) is 47.4 Å². The lowest BCUT2D eigenvalue weighted by atomic mass is 9.73. The first-order chi connectivity index (χ1) is 13.5. The zero-order chi connectivity index (χ0) is 19.7. The van der Waals surface area contributed by atoms with Gasteiger partial charge in [-0.05, 0) is 80.0 Å². The number of hydrogen-bond acceptors (Lipinski definition) is 2. The molecule has 2 aromatic carbocycles. The number of halogens is 1. The van der Waals surface area contributed by atoms with Crippen molar-refractivity contribution in [3.63, 3.8) is 0 Å². The Morgan fingerprint density at radius 1 is 1.21 bits per heavy atom. The molecule has 6 heteroatoms. The van der Waals surface area contributed by atoms with E-state index in [2.05, 4.69) is 28.2 Å². The normalized spacial score (nSPS) is 23.8. The smallest absolute Gasteiger partial charge is 0.232 e. The quantitative estimate of drug-likeness (QED) is 0.622. The third-order valence-corrected chi connectivity index (χ3v) is 7.02. The molecule has 2 aliphatic carbocycles. The Morgan fingerprint density at radius 3 is 2.68 bits per heavy atom. The average Bonchev–Trinajstić information content (AvgIpc) is 2.96. The summed E-state index contributed by atoms with van der Waals surface area (Å²) in [4.78, 5) is 0. The van der Waals surface area contributed by atoms with E-state index in [1.807, 2.05) is 13.1 Å². The van der Waals surface area contributed by atoms with Crippen LogP contribution in [0.3, 0.4) is 0 Å². The molecule has 0 radical (unpaired) electrons. The molecule has 3 unspecified atom stereocenters. The Hall–Kier alpha value is -1.60. The Kier molecular flexibility index (Phi) is 5.65. The number of rotatable bonds is 7. The number of fused-ring (bicyclic) bond motifs is 1. The van der Waals surface area contributed by atoms with Crippen LogP contribution in [0.2, 0.25) is 0 Å². The number of nitrogens with one attached hydrogen (secondary N) is 2. The summed E-state index contributed by atoms with van der Waals surface area (Å²) in [5.74, 6) is 0.0968. The molecule has 1 saturated carbocycles. The van der Waals surface area contributed by atoms with Crippen LogP contribution in [-0.2, 0) is 30.5 Å². The van der Waals surface area contributed by atoms with Crippen LogP contribution in [0, 0.1) is 5.82 Å². The summed E-state index contributed by atoms with van der Waals surface area (Å²) < 4.78 is 37.1. The van der Waals surface area contributed by atoms with E-state index in [4.69, 9.17) is 0 Å². The molecule has 0 bridgehead atoms. The van der Waals surface area contributed by atoms with Gasteiger partial charge in [0, 0.05) is 17.5 Å². The fraction of sp³-hybridized carbons (Fsp3) is 0.455. The highest BCUT2D eigenvalue weighted by atomic mass is 32.2. The Balaban J connectivity index is 1.59. The molecule has 0 amide bonds. The zero-order valence-corrected chi connectivity index (χ0v) is 16.9. The van der Waals surface area contributed by atoms with Gasteiger partial charge in [0.2, 0.25) is 11.3 Å². The maximum Gasteiger partial charge on any atom is 0.232 e. The zero-order valence-electron chi connectivity index (χ0n) is 16.1. The van der Waals surface area contributed by atoms with Gasteiger partial charge in [-0.25, -0.2) is 13.3 Å². The molecular formula is C22H27FN2O2S. The summed E-state index contributed by atoms with van der Waals surface area (Å²) in [5.41, 5.74) is 4.59. The van der Waals surface area contributed by atoms with Gasteiger partial charge in [-0.3, -0.25) is 4.55 Å². The molecule has 4 nitrogen and oxygen atoms in total. The van der Waals surface area contributed by atoms with Gasteiger partial charge < -0.3 is 5.32 Å². The fourth-order valence-corrected chi connectivity index (χ4v) is 5.50. The lowest BCUT2D eigenvalue weighted by Gasteiger charge is -2.41. The summed E-state index contributed by atoms with van der Waals surface area (Å²) in [6.45, 7) is 0. The summed E-state index contributed by atoms with van der Waals surface area (Å²) >= 11 is -1.99. The molecule has 150 valence electrons. The van der Waals surface area contributed by atoms with Crippen molar-refractivity contribution in [3.8, 4) is 0 Å². The molecule has 2 aromatic rings. The van der Waals surface area contributed by atoms with E-state index in [0.29, 0.717) is 12.0 Å². The van der Waals surface area contributed by atoms with Crippen LogP contribution in [0.5, 0.6) is 0 Å². The first kappa shape index (κ1) is 19.7. The van der Waals surface area contributed by atoms with Crippen LogP contribution >= 0.6 is 0 Å². The molecule has 3 N–H and O–H groups in total. The first-order valence-corrected chi connectivity index (χ1v) is 11.0. The average molecular weight is 403 g/mol. The lowest BCUT2D eigenvalue weighted by molar-refractivity contribution is 0.219. The highest BCUT2D eigenvalue weighted by Crippen LogP contribution is 2.39. The monoisotopic (exact) mass is 402 g/mol. The van der Waals surface area contributed by atoms with Gasteiger partial charge in [0.05, 0.1) is 0 Å². The van der Waals surface area contributed by atoms with Crippen molar-refractivity contribution >= 4 is 11.3 Å². The van der Waals surface area contributed by atoms with Crippen molar-refractivity contribution in [2.45, 2.75) is 56.0 Å². The van der Waals surface area contributed by atoms with Crippen LogP contribution in [-0.4, -0.2) is 27.4 Å². The van der Waals surface area contributed by atoms with E-state index in [9.17, 15) is 13.2 Å². The number of hydrogen-bond donors (Lipinski definition) is 3. The summed E-state index contributed by atoms with van der Waals surface area (Å²) in [5, 5.41) is 3.43. The van der Waals surface area contributed by atoms with Crippen LogP contribution < -0.4 is 10.0 Å². The number of likely N-dealkylation sites (N-methyl/N-ethyl adjacent to an activating group) is 1. The Labute approximate surface area is 168 Å². The van der Waals surface area contributed by atoms with E-state index in [1.54, 1.807) is 12.1 Å². The van der Waals surface area contributed by atoms with E-state index in [-0.39, 0.29) is 11.4 Å². The summed E-state index contributed by atoms with van der Waals surface area (Å²) in [6, 6.07) is 13.8. The van der Waals surface area contributed by atoms with Crippen LogP contribution in [0.15, 0.2) is 42.5 Å². The molecule has 3 atom stereocenters. The second-order valence-electron chi connectivity index (χ2n) is 8.23. The van der Waals surface area contributed by atoms with Crippen LogP contribution in [0.25, 0.3) is 0 Å². The largest absolute Gasteiger partial charge is 0.316 e. The first-order valence-electron chi connectivity index (χ1n) is 9.90. The minimum Gasteiger partial charge on any atom is -0.316 e. The molecule has 1 fully saturated rings. The van der Waals surface area contributed by atoms with Crippen molar-refractivity contribution in [1.29, 1.82) is 0 Å². The molecule has 0 aromatic heterocycles. The molecular weight excluding hydrogens is 375 g/mol. The van der Waals surface area contributed by atoms with Gasteiger partial charge in [-0.2, -0.15) is 0 Å². The van der Waals surface area contributed by atoms with Gasteiger partial charge >= 0.3 is 0 Å². The molecule has 0 aliphatic heterocycles. The number of benzene rings is 2. The van der Waals surface area contributed by atoms with Gasteiger partial charge in [-0.15, -0.1) is 0 Å². The molecule has 0 spiro atoms. The Bertz CT molecular complexity index is 885. The standard InChI is InChI=1S/C22H27FN2O2S/c1-24-21-13-17-7-6-16(14-22(8-3-9-22)25-28(26)27)12-19(17)20(21)11-15-4-2-5-18(23)10-15/h2,4-7,10,12,20-21,24-25H,3,8-9,11,13-14H2,1H3,(H,26,27). The minimum atomic E-state index is -1.99. The lowest BCUT2D eigenvalue weighted by Crippen LogP contribution is -2.53. The summed E-state index contributed by atoms with van der Waals surface area (Å²) in [6.07, 6.45) is 5.44. The van der Waals surface area contributed by atoms with Gasteiger partial charge in [0.15, 0.2) is 0 Å². The highest BCUT2D eigenvalue weighted by Gasteiger charge is 2.39. The van der Waals surface area contributed by atoms with E-state index in [1.165, 1.54) is 22.8 Å². The highest BCUT2D eigenvalue weighted by molar-refractivity contribution is 7.77. The fourth-order valence-electron chi connectivity index (χ4n) is 4.85. The molecule has 28 heavy (non-hydrogen) atoms. The van der Waals surface area contributed by atoms with Crippen molar-refractivity contribution in [3.05, 3.63) is 70.5 Å². The molecule has 0 saturated heterocycles. The second-order valence-corrected chi connectivity index (χ2v) is 8.94. The predicted molar refractivity (Wildman–Crippen MR) is 110 cm³/mol. The van der Waals surface area contributed by atoms with Crippen molar-refractivity contribution in [1.82, 2.24) is 10.0 Å².